The van der Waals surface area contributed by atoms with E-state index < -0.39 is 0 Å². The minimum atomic E-state index is 0.777. The van der Waals surface area contributed by atoms with Crippen molar-refractivity contribution in [2.75, 3.05) is 13.2 Å². The number of para-hydroxylation sites is 2. The molecular formula is C20H25N3O. The number of fused-ring (bicyclic) bond motifs is 1. The Hall–Kier alpha value is -2.33. The first-order valence-corrected chi connectivity index (χ1v) is 8.71. The van der Waals surface area contributed by atoms with Crippen LogP contribution in [0.5, 0.6) is 5.75 Å². The van der Waals surface area contributed by atoms with Crippen LogP contribution in [-0.2, 0) is 13.0 Å². The Morgan fingerprint density at radius 1 is 1.08 bits per heavy atom. The molecule has 3 aromatic rings. The minimum absolute atomic E-state index is 0.777. The fourth-order valence-electron chi connectivity index (χ4n) is 2.66. The Balaban J connectivity index is 1.37. The quantitative estimate of drug-likeness (QED) is 0.584. The summed E-state index contributed by atoms with van der Waals surface area (Å²) in [7, 11) is 0. The number of nitrogens with one attached hydrogen (secondary N) is 2. The zero-order valence-electron chi connectivity index (χ0n) is 14.2. The van der Waals surface area contributed by atoms with Gasteiger partial charge in [-0.1, -0.05) is 31.2 Å². The molecule has 0 aliphatic rings. The lowest BCUT2D eigenvalue weighted by Gasteiger charge is -2.07. The van der Waals surface area contributed by atoms with Gasteiger partial charge < -0.3 is 15.0 Å². The first-order valence-electron chi connectivity index (χ1n) is 8.71. The molecule has 3 rings (SSSR count). The molecule has 0 saturated carbocycles. The van der Waals surface area contributed by atoms with Gasteiger partial charge in [0, 0.05) is 13.0 Å². The summed E-state index contributed by atoms with van der Waals surface area (Å²) in [5.41, 5.74) is 3.44. The number of H-pyrrole nitrogens is 1. The number of benzene rings is 2. The Labute approximate surface area is 143 Å². The third-order valence-electron chi connectivity index (χ3n) is 3.93. The first kappa shape index (κ1) is 16.5. The van der Waals surface area contributed by atoms with Crippen LogP contribution in [-0.4, -0.2) is 23.1 Å². The Bertz CT molecular complexity index is 716. The highest BCUT2D eigenvalue weighted by Gasteiger charge is 2.01. The van der Waals surface area contributed by atoms with E-state index in [2.05, 4.69) is 40.4 Å². The van der Waals surface area contributed by atoms with E-state index in [1.165, 1.54) is 5.56 Å². The van der Waals surface area contributed by atoms with Gasteiger partial charge in [-0.25, -0.2) is 4.98 Å². The van der Waals surface area contributed by atoms with Crippen LogP contribution in [0.3, 0.4) is 0 Å². The van der Waals surface area contributed by atoms with Gasteiger partial charge in [0.2, 0.25) is 0 Å². The van der Waals surface area contributed by atoms with E-state index in [1.54, 1.807) is 0 Å². The average Bonchev–Trinajstić information content (AvgIpc) is 3.03. The molecular weight excluding hydrogens is 298 g/mol. The number of hydrogen-bond acceptors (Lipinski definition) is 3. The normalized spacial score (nSPS) is 11.0. The molecule has 2 aromatic carbocycles. The van der Waals surface area contributed by atoms with Crippen molar-refractivity contribution in [3.8, 4) is 5.75 Å². The number of aromatic amines is 1. The Morgan fingerprint density at radius 2 is 1.92 bits per heavy atom. The SMILES string of the molecule is CCCOc1ccc(CNCCCc2nc3ccccc3[nH]2)cc1. The van der Waals surface area contributed by atoms with Gasteiger partial charge in [0.25, 0.3) is 0 Å². The molecule has 126 valence electrons. The number of aryl methyl sites for hydroxylation is 1. The Morgan fingerprint density at radius 3 is 2.71 bits per heavy atom. The van der Waals surface area contributed by atoms with Crippen molar-refractivity contribution in [1.29, 1.82) is 0 Å². The highest BCUT2D eigenvalue weighted by molar-refractivity contribution is 5.74. The summed E-state index contributed by atoms with van der Waals surface area (Å²) in [4.78, 5) is 7.98. The van der Waals surface area contributed by atoms with Crippen molar-refractivity contribution >= 4 is 11.0 Å². The fourth-order valence-corrected chi connectivity index (χ4v) is 2.66. The van der Waals surface area contributed by atoms with E-state index >= 15 is 0 Å². The molecule has 4 heteroatoms. The van der Waals surface area contributed by atoms with Gasteiger partial charge in [0.1, 0.15) is 11.6 Å². The van der Waals surface area contributed by atoms with Crippen LogP contribution < -0.4 is 10.1 Å². The van der Waals surface area contributed by atoms with Crippen molar-refractivity contribution in [3.05, 3.63) is 59.9 Å². The Kier molecular flexibility index (Phi) is 5.85. The molecule has 0 fully saturated rings. The van der Waals surface area contributed by atoms with Crippen LogP contribution in [0, 0.1) is 0 Å². The van der Waals surface area contributed by atoms with Gasteiger partial charge in [0.15, 0.2) is 0 Å². The lowest BCUT2D eigenvalue weighted by molar-refractivity contribution is 0.317. The number of nitrogens with zero attached hydrogens (tertiary/aromatic N) is 1. The summed E-state index contributed by atoms with van der Waals surface area (Å²) in [6.07, 6.45) is 3.07. The van der Waals surface area contributed by atoms with Crippen LogP contribution >= 0.6 is 0 Å². The van der Waals surface area contributed by atoms with Crippen LogP contribution in [0.15, 0.2) is 48.5 Å². The van der Waals surface area contributed by atoms with Crippen molar-refractivity contribution in [3.63, 3.8) is 0 Å². The standard InChI is InChI=1S/C20H25N3O/c1-2-14-24-17-11-9-16(10-12-17)15-21-13-5-8-20-22-18-6-3-4-7-19(18)23-20/h3-4,6-7,9-12,21H,2,5,8,13-15H2,1H3,(H,22,23). The topological polar surface area (TPSA) is 49.9 Å². The molecule has 0 spiro atoms. The molecule has 0 atom stereocenters. The summed E-state index contributed by atoms with van der Waals surface area (Å²) in [5.74, 6) is 2.01. The van der Waals surface area contributed by atoms with Gasteiger partial charge in [-0.05, 0) is 49.2 Å². The molecule has 0 bridgehead atoms. The van der Waals surface area contributed by atoms with E-state index in [-0.39, 0.29) is 0 Å². The highest BCUT2D eigenvalue weighted by atomic mass is 16.5. The first-order chi connectivity index (χ1) is 11.8. The van der Waals surface area contributed by atoms with E-state index in [9.17, 15) is 0 Å². The molecule has 0 aliphatic heterocycles. The fraction of sp³-hybridized carbons (Fsp3) is 0.350. The molecule has 0 aliphatic carbocycles. The number of rotatable bonds is 9. The lowest BCUT2D eigenvalue weighted by Crippen LogP contribution is -2.15. The summed E-state index contributed by atoms with van der Waals surface area (Å²) in [6, 6.07) is 16.5. The van der Waals surface area contributed by atoms with Gasteiger partial charge in [-0.2, -0.15) is 0 Å². The minimum Gasteiger partial charge on any atom is -0.494 e. The number of ether oxygens (including phenoxy) is 1. The maximum atomic E-state index is 5.60. The summed E-state index contributed by atoms with van der Waals surface area (Å²) in [5, 5.41) is 3.49. The summed E-state index contributed by atoms with van der Waals surface area (Å²) in [6.45, 7) is 4.75. The number of imidazole rings is 1. The zero-order valence-corrected chi connectivity index (χ0v) is 14.2. The molecule has 2 N–H and O–H groups in total. The predicted molar refractivity (Wildman–Crippen MR) is 98.3 cm³/mol. The molecule has 4 nitrogen and oxygen atoms in total. The number of aromatic nitrogens is 2. The van der Waals surface area contributed by atoms with Crippen LogP contribution in [0.1, 0.15) is 31.2 Å². The van der Waals surface area contributed by atoms with Gasteiger partial charge in [-0.15, -0.1) is 0 Å². The second kappa shape index (κ2) is 8.50. The van der Waals surface area contributed by atoms with Crippen molar-refractivity contribution in [2.24, 2.45) is 0 Å². The summed E-state index contributed by atoms with van der Waals surface area (Å²) < 4.78 is 5.60. The average molecular weight is 323 g/mol. The molecule has 0 saturated heterocycles. The van der Waals surface area contributed by atoms with Crippen molar-refractivity contribution in [2.45, 2.75) is 32.7 Å². The van der Waals surface area contributed by atoms with E-state index in [0.717, 1.165) is 61.6 Å². The van der Waals surface area contributed by atoms with Crippen LogP contribution in [0.2, 0.25) is 0 Å². The monoisotopic (exact) mass is 323 g/mol. The molecule has 0 amide bonds. The third-order valence-corrected chi connectivity index (χ3v) is 3.93. The van der Waals surface area contributed by atoms with Crippen molar-refractivity contribution < 1.29 is 4.74 Å². The van der Waals surface area contributed by atoms with Gasteiger partial charge in [-0.3, -0.25) is 0 Å². The van der Waals surface area contributed by atoms with Gasteiger partial charge in [0.05, 0.1) is 17.6 Å². The molecule has 0 radical (unpaired) electrons. The zero-order chi connectivity index (χ0) is 16.6. The maximum absolute atomic E-state index is 5.60. The largest absolute Gasteiger partial charge is 0.494 e. The molecule has 0 unspecified atom stereocenters. The van der Waals surface area contributed by atoms with Crippen LogP contribution in [0.4, 0.5) is 0 Å². The van der Waals surface area contributed by atoms with Gasteiger partial charge >= 0.3 is 0 Å². The van der Waals surface area contributed by atoms with E-state index in [1.807, 2.05) is 30.3 Å². The second-order valence-electron chi connectivity index (χ2n) is 5.97. The molecule has 1 aromatic heterocycles. The second-order valence-corrected chi connectivity index (χ2v) is 5.97. The highest BCUT2D eigenvalue weighted by Crippen LogP contribution is 2.13. The smallest absolute Gasteiger partial charge is 0.119 e. The lowest BCUT2D eigenvalue weighted by atomic mass is 10.2. The van der Waals surface area contributed by atoms with E-state index in [0.29, 0.717) is 0 Å². The summed E-state index contributed by atoms with van der Waals surface area (Å²) >= 11 is 0. The molecule has 24 heavy (non-hydrogen) atoms. The molecule has 1 heterocycles. The van der Waals surface area contributed by atoms with Crippen LogP contribution in [0.25, 0.3) is 11.0 Å². The maximum Gasteiger partial charge on any atom is 0.119 e. The van der Waals surface area contributed by atoms with E-state index in [4.69, 9.17) is 4.74 Å². The third kappa shape index (κ3) is 4.59. The predicted octanol–water partition coefficient (Wildman–Crippen LogP) is 4.07. The van der Waals surface area contributed by atoms with Crippen molar-refractivity contribution in [1.82, 2.24) is 15.3 Å². The number of hydrogen-bond donors (Lipinski definition) is 2.